The number of ketones is 1. The number of benzene rings is 1. The van der Waals surface area contributed by atoms with Crippen LogP contribution in [-0.2, 0) is 15.7 Å². The molecule has 0 radical (unpaired) electrons. The third kappa shape index (κ3) is 4.95. The Morgan fingerprint density at radius 2 is 1.81 bits per heavy atom. The van der Waals surface area contributed by atoms with E-state index in [2.05, 4.69) is 4.98 Å². The molecule has 1 aromatic carbocycles. The lowest BCUT2D eigenvalue weighted by atomic mass is 10.1. The fraction of sp³-hybridized carbons (Fsp3) is 0.235. The van der Waals surface area contributed by atoms with Crippen molar-refractivity contribution in [2.45, 2.75) is 19.0 Å². The van der Waals surface area contributed by atoms with Gasteiger partial charge in [-0.05, 0) is 37.3 Å². The van der Waals surface area contributed by atoms with Crippen molar-refractivity contribution >= 4 is 35.0 Å². The minimum absolute atomic E-state index is 0.0661. The number of nitrogens with zero attached hydrogens (tertiary/aromatic N) is 1. The van der Waals surface area contributed by atoms with Crippen molar-refractivity contribution in [1.29, 1.82) is 0 Å². The molecule has 0 fully saturated rings. The molecule has 0 aliphatic carbocycles. The highest BCUT2D eigenvalue weighted by Crippen LogP contribution is 2.33. The van der Waals surface area contributed by atoms with Crippen LogP contribution in [0.1, 0.15) is 34.5 Å². The second kappa shape index (κ2) is 8.05. The third-order valence-corrected chi connectivity index (χ3v) is 4.03. The molecule has 0 amide bonds. The van der Waals surface area contributed by atoms with Gasteiger partial charge in [0.25, 0.3) is 0 Å². The molecular weight excluding hydrogens is 394 g/mol. The van der Waals surface area contributed by atoms with E-state index < -0.39 is 36.0 Å². The van der Waals surface area contributed by atoms with Gasteiger partial charge in [-0.15, -0.1) is 0 Å². The molecular formula is C17H12Cl2F3NO3. The SMILES string of the molecule is CC(C(=O)OCC(=O)c1ccc(Cl)cc1)c1ncc(C(F)(F)F)cc1Cl. The van der Waals surface area contributed by atoms with Gasteiger partial charge in [0.1, 0.15) is 0 Å². The van der Waals surface area contributed by atoms with Crippen molar-refractivity contribution in [3.8, 4) is 0 Å². The molecule has 9 heteroatoms. The van der Waals surface area contributed by atoms with Crippen LogP contribution in [0.25, 0.3) is 0 Å². The maximum atomic E-state index is 12.6. The highest BCUT2D eigenvalue weighted by Gasteiger charge is 2.32. The first-order chi connectivity index (χ1) is 12.1. The lowest BCUT2D eigenvalue weighted by Crippen LogP contribution is -2.20. The molecule has 1 heterocycles. The molecule has 0 saturated heterocycles. The average Bonchev–Trinajstić information content (AvgIpc) is 2.58. The average molecular weight is 406 g/mol. The molecule has 2 rings (SSSR count). The summed E-state index contributed by atoms with van der Waals surface area (Å²) in [5, 5.41) is 0.142. The molecule has 0 bridgehead atoms. The van der Waals surface area contributed by atoms with Gasteiger partial charge in [-0.25, -0.2) is 0 Å². The van der Waals surface area contributed by atoms with Crippen LogP contribution in [0.2, 0.25) is 10.0 Å². The zero-order valence-corrected chi connectivity index (χ0v) is 14.8. The van der Waals surface area contributed by atoms with Gasteiger partial charge in [0.05, 0.1) is 22.2 Å². The molecule has 1 atom stereocenters. The molecule has 1 aromatic heterocycles. The number of pyridine rings is 1. The molecule has 0 N–H and O–H groups in total. The number of rotatable bonds is 5. The largest absolute Gasteiger partial charge is 0.457 e. The molecule has 0 aliphatic heterocycles. The maximum absolute atomic E-state index is 12.6. The predicted molar refractivity (Wildman–Crippen MR) is 89.4 cm³/mol. The Balaban J connectivity index is 2.03. The second-order valence-corrected chi connectivity index (χ2v) is 6.19. The number of halogens is 5. The van der Waals surface area contributed by atoms with Crippen LogP contribution < -0.4 is 0 Å². The molecule has 0 aliphatic rings. The van der Waals surface area contributed by atoms with Crippen LogP contribution in [0.4, 0.5) is 13.2 Å². The first kappa shape index (κ1) is 20.2. The minimum Gasteiger partial charge on any atom is -0.457 e. The van der Waals surface area contributed by atoms with E-state index in [1.807, 2.05) is 0 Å². The topological polar surface area (TPSA) is 56.3 Å². The number of Topliss-reactive ketones (excluding diaryl/α,β-unsaturated/α-hetero) is 1. The van der Waals surface area contributed by atoms with E-state index in [4.69, 9.17) is 27.9 Å². The number of ether oxygens (including phenoxy) is 1. The van der Waals surface area contributed by atoms with Gasteiger partial charge in [0.15, 0.2) is 12.4 Å². The molecule has 138 valence electrons. The summed E-state index contributed by atoms with van der Waals surface area (Å²) in [5.74, 6) is -2.32. The van der Waals surface area contributed by atoms with E-state index in [9.17, 15) is 22.8 Å². The molecule has 2 aromatic rings. The monoisotopic (exact) mass is 405 g/mol. The van der Waals surface area contributed by atoms with Crippen LogP contribution >= 0.6 is 23.2 Å². The van der Waals surface area contributed by atoms with Gasteiger partial charge in [0.2, 0.25) is 0 Å². The maximum Gasteiger partial charge on any atom is 0.417 e. The molecule has 0 saturated carbocycles. The van der Waals surface area contributed by atoms with Crippen molar-refractivity contribution in [3.63, 3.8) is 0 Å². The lowest BCUT2D eigenvalue weighted by Gasteiger charge is -2.14. The minimum atomic E-state index is -4.59. The molecule has 26 heavy (non-hydrogen) atoms. The van der Waals surface area contributed by atoms with Crippen LogP contribution in [0.3, 0.4) is 0 Å². The zero-order chi connectivity index (χ0) is 19.5. The smallest absolute Gasteiger partial charge is 0.417 e. The van der Waals surface area contributed by atoms with Crippen molar-refractivity contribution in [2.24, 2.45) is 0 Å². The fourth-order valence-corrected chi connectivity index (χ4v) is 2.47. The van der Waals surface area contributed by atoms with Crippen LogP contribution in [0.5, 0.6) is 0 Å². The summed E-state index contributed by atoms with van der Waals surface area (Å²) < 4.78 is 42.8. The number of esters is 1. The Morgan fingerprint density at radius 3 is 2.35 bits per heavy atom. The Morgan fingerprint density at radius 1 is 1.19 bits per heavy atom. The number of carbonyl (C=O) groups is 2. The fourth-order valence-electron chi connectivity index (χ4n) is 2.01. The number of aromatic nitrogens is 1. The van der Waals surface area contributed by atoms with E-state index in [0.717, 1.165) is 0 Å². The van der Waals surface area contributed by atoms with Gasteiger partial charge in [-0.2, -0.15) is 13.2 Å². The summed E-state index contributed by atoms with van der Waals surface area (Å²) in [6, 6.07) is 6.69. The Bertz CT molecular complexity index is 823. The highest BCUT2D eigenvalue weighted by atomic mass is 35.5. The van der Waals surface area contributed by atoms with Crippen molar-refractivity contribution in [3.05, 3.63) is 63.4 Å². The predicted octanol–water partition coefficient (Wildman–Crippen LogP) is 4.94. The van der Waals surface area contributed by atoms with Crippen molar-refractivity contribution in [1.82, 2.24) is 4.98 Å². The second-order valence-electron chi connectivity index (χ2n) is 5.35. The lowest BCUT2D eigenvalue weighted by molar-refractivity contribution is -0.144. The van der Waals surface area contributed by atoms with Crippen LogP contribution in [-0.4, -0.2) is 23.3 Å². The molecule has 4 nitrogen and oxygen atoms in total. The van der Waals surface area contributed by atoms with E-state index in [1.54, 1.807) is 0 Å². The number of hydrogen-bond donors (Lipinski definition) is 0. The van der Waals surface area contributed by atoms with Gasteiger partial charge in [-0.3, -0.25) is 14.6 Å². The van der Waals surface area contributed by atoms with Gasteiger partial charge in [-0.1, -0.05) is 23.2 Å². The van der Waals surface area contributed by atoms with Crippen LogP contribution in [0, 0.1) is 0 Å². The highest BCUT2D eigenvalue weighted by molar-refractivity contribution is 6.31. The summed E-state index contributed by atoms with van der Waals surface area (Å²) in [6.45, 7) is 0.847. The van der Waals surface area contributed by atoms with Crippen molar-refractivity contribution in [2.75, 3.05) is 6.61 Å². The Labute approximate surface area is 156 Å². The number of hydrogen-bond acceptors (Lipinski definition) is 4. The normalized spacial score (nSPS) is 12.5. The van der Waals surface area contributed by atoms with E-state index in [0.29, 0.717) is 22.8 Å². The van der Waals surface area contributed by atoms with Crippen molar-refractivity contribution < 1.29 is 27.5 Å². The standard InChI is InChI=1S/C17H12Cl2F3NO3/c1-9(15-13(19)6-11(7-23-15)17(20,21)22)16(25)26-8-14(24)10-2-4-12(18)5-3-10/h2-7,9H,8H2,1H3. The third-order valence-electron chi connectivity index (χ3n) is 3.47. The van der Waals surface area contributed by atoms with E-state index in [-0.39, 0.29) is 10.7 Å². The molecule has 0 spiro atoms. The van der Waals surface area contributed by atoms with Gasteiger partial charge in [0, 0.05) is 16.8 Å². The van der Waals surface area contributed by atoms with E-state index >= 15 is 0 Å². The Kier molecular flexibility index (Phi) is 6.26. The molecule has 1 unspecified atom stereocenters. The summed E-state index contributed by atoms with van der Waals surface area (Å²) in [5.41, 5.74) is -0.783. The van der Waals surface area contributed by atoms with Gasteiger partial charge < -0.3 is 4.74 Å². The summed E-state index contributed by atoms with van der Waals surface area (Å²) in [6.07, 6.45) is -4.01. The Hall–Kier alpha value is -2.12. The first-order valence-electron chi connectivity index (χ1n) is 7.27. The first-order valence-corrected chi connectivity index (χ1v) is 8.03. The van der Waals surface area contributed by atoms with Gasteiger partial charge >= 0.3 is 12.1 Å². The number of alkyl halides is 3. The quantitative estimate of drug-likeness (QED) is 0.522. The van der Waals surface area contributed by atoms with E-state index in [1.165, 1.54) is 31.2 Å². The van der Waals surface area contributed by atoms with Crippen LogP contribution in [0.15, 0.2) is 36.5 Å². The summed E-state index contributed by atoms with van der Waals surface area (Å²) >= 11 is 11.5. The number of carbonyl (C=O) groups excluding carboxylic acids is 2. The zero-order valence-electron chi connectivity index (χ0n) is 13.3. The summed E-state index contributed by atoms with van der Waals surface area (Å²) in [4.78, 5) is 27.6. The summed E-state index contributed by atoms with van der Waals surface area (Å²) in [7, 11) is 0.